The van der Waals surface area contributed by atoms with Crippen LogP contribution >= 0.6 is 0 Å². The van der Waals surface area contributed by atoms with E-state index in [4.69, 9.17) is 4.74 Å². The minimum absolute atomic E-state index is 0.0189. The summed E-state index contributed by atoms with van der Waals surface area (Å²) < 4.78 is 31.1. The summed E-state index contributed by atoms with van der Waals surface area (Å²) in [6.45, 7) is 7.41. The molecule has 0 atom stereocenters. The number of halogens is 2. The fourth-order valence-electron chi connectivity index (χ4n) is 3.15. The molecule has 1 aliphatic carbocycles. The third kappa shape index (κ3) is 4.77. The number of nitrogens with one attached hydrogen (secondary N) is 1. The van der Waals surface area contributed by atoms with Gasteiger partial charge < -0.3 is 15.0 Å². The average molecular weight is 328 g/mol. The minimum Gasteiger partial charge on any atom is -0.381 e. The lowest BCUT2D eigenvalue weighted by Gasteiger charge is -2.38. The molecular formula is C17H26F2N2O2. The maximum absolute atomic E-state index is 12.9. The van der Waals surface area contributed by atoms with Crippen LogP contribution in [0.3, 0.4) is 0 Å². The fourth-order valence-corrected chi connectivity index (χ4v) is 3.15. The lowest BCUT2D eigenvalue weighted by molar-refractivity contribution is -0.119. The summed E-state index contributed by atoms with van der Waals surface area (Å²) in [5.41, 5.74) is 1.27. The highest BCUT2D eigenvalue weighted by atomic mass is 19.3. The molecule has 0 bridgehead atoms. The second-order valence-corrected chi connectivity index (χ2v) is 6.57. The molecule has 0 unspecified atom stereocenters. The van der Waals surface area contributed by atoms with Crippen molar-refractivity contribution in [2.45, 2.75) is 44.6 Å². The van der Waals surface area contributed by atoms with E-state index in [1.165, 1.54) is 6.08 Å². The van der Waals surface area contributed by atoms with E-state index in [0.29, 0.717) is 25.3 Å². The number of carbonyl (C=O) groups excluding carboxylic acids is 1. The first-order chi connectivity index (χ1) is 10.8. The number of hydrogen-bond donors (Lipinski definition) is 1. The number of allylic oxidation sites excluding steroid dienone is 1. The Bertz CT molecular complexity index is 477. The van der Waals surface area contributed by atoms with E-state index in [1.54, 1.807) is 0 Å². The maximum atomic E-state index is 12.9. The van der Waals surface area contributed by atoms with Crippen LogP contribution in [0.2, 0.25) is 0 Å². The van der Waals surface area contributed by atoms with E-state index < -0.39 is 5.92 Å². The van der Waals surface area contributed by atoms with Crippen LogP contribution in [0.1, 0.15) is 32.6 Å². The van der Waals surface area contributed by atoms with E-state index in [-0.39, 0.29) is 30.7 Å². The molecule has 0 spiro atoms. The molecule has 1 aliphatic heterocycles. The molecule has 0 aromatic rings. The summed E-state index contributed by atoms with van der Waals surface area (Å²) in [5.74, 6) is -2.69. The molecule has 1 N–H and O–H groups in total. The Kier molecular flexibility index (Phi) is 5.79. The molecule has 1 heterocycles. The zero-order valence-electron chi connectivity index (χ0n) is 13.9. The Labute approximate surface area is 136 Å². The van der Waals surface area contributed by atoms with Gasteiger partial charge in [0.15, 0.2) is 0 Å². The van der Waals surface area contributed by atoms with Crippen molar-refractivity contribution in [2.24, 2.45) is 5.92 Å². The molecule has 2 fully saturated rings. The normalized spacial score (nSPS) is 22.8. The summed E-state index contributed by atoms with van der Waals surface area (Å²) in [4.78, 5) is 14.3. The number of alkyl halides is 2. The van der Waals surface area contributed by atoms with Gasteiger partial charge in [-0.2, -0.15) is 0 Å². The van der Waals surface area contributed by atoms with Crippen molar-refractivity contribution in [3.63, 3.8) is 0 Å². The SMILES string of the molecule is C=CC(C(=O)NC1CCOCC1)=C(C)N(C)CC1CC(F)(F)C1. The first-order valence-corrected chi connectivity index (χ1v) is 8.13. The summed E-state index contributed by atoms with van der Waals surface area (Å²) in [7, 11) is 1.83. The molecule has 4 nitrogen and oxygen atoms in total. The molecular weight excluding hydrogens is 302 g/mol. The van der Waals surface area contributed by atoms with E-state index in [1.807, 2.05) is 18.9 Å². The molecule has 2 rings (SSSR count). The number of amides is 1. The summed E-state index contributed by atoms with van der Waals surface area (Å²) in [6.07, 6.45) is 3.02. The van der Waals surface area contributed by atoms with Gasteiger partial charge in [-0.15, -0.1) is 0 Å². The average Bonchev–Trinajstić information content (AvgIpc) is 2.46. The maximum Gasteiger partial charge on any atom is 0.253 e. The number of carbonyl (C=O) groups is 1. The van der Waals surface area contributed by atoms with Crippen LogP contribution in [-0.2, 0) is 9.53 Å². The van der Waals surface area contributed by atoms with Gasteiger partial charge in [-0.1, -0.05) is 12.7 Å². The van der Waals surface area contributed by atoms with Crippen LogP contribution < -0.4 is 5.32 Å². The number of hydrogen-bond acceptors (Lipinski definition) is 3. The van der Waals surface area contributed by atoms with E-state index in [0.717, 1.165) is 18.5 Å². The molecule has 0 aromatic heterocycles. The molecule has 6 heteroatoms. The van der Waals surface area contributed by atoms with Crippen LogP contribution in [0, 0.1) is 5.92 Å². The van der Waals surface area contributed by atoms with Crippen molar-refractivity contribution < 1.29 is 18.3 Å². The molecule has 1 amide bonds. The first-order valence-electron chi connectivity index (χ1n) is 8.13. The van der Waals surface area contributed by atoms with Gasteiger partial charge in [-0.3, -0.25) is 4.79 Å². The number of ether oxygens (including phenoxy) is 1. The Morgan fingerprint density at radius 1 is 1.39 bits per heavy atom. The van der Waals surface area contributed by atoms with Gasteiger partial charge in [0.25, 0.3) is 5.91 Å². The van der Waals surface area contributed by atoms with Crippen LogP contribution in [-0.4, -0.2) is 49.6 Å². The molecule has 1 saturated heterocycles. The van der Waals surface area contributed by atoms with Gasteiger partial charge >= 0.3 is 0 Å². The van der Waals surface area contributed by atoms with E-state index in [9.17, 15) is 13.6 Å². The molecule has 130 valence electrons. The van der Waals surface area contributed by atoms with Crippen molar-refractivity contribution in [1.29, 1.82) is 0 Å². The molecule has 1 saturated carbocycles. The minimum atomic E-state index is -2.51. The molecule has 23 heavy (non-hydrogen) atoms. The third-order valence-electron chi connectivity index (χ3n) is 4.67. The fraction of sp³-hybridized carbons (Fsp3) is 0.706. The lowest BCUT2D eigenvalue weighted by Crippen LogP contribution is -2.42. The van der Waals surface area contributed by atoms with E-state index in [2.05, 4.69) is 11.9 Å². The molecule has 0 radical (unpaired) electrons. The van der Waals surface area contributed by atoms with Gasteiger partial charge in [0.1, 0.15) is 0 Å². The summed E-state index contributed by atoms with van der Waals surface area (Å²) in [6, 6.07) is 0.120. The van der Waals surface area contributed by atoms with Crippen LogP contribution in [0.15, 0.2) is 23.9 Å². The van der Waals surface area contributed by atoms with Crippen molar-refractivity contribution in [2.75, 3.05) is 26.8 Å². The highest BCUT2D eigenvalue weighted by Gasteiger charge is 2.45. The van der Waals surface area contributed by atoms with Gasteiger partial charge in [0, 0.05) is 51.4 Å². The van der Waals surface area contributed by atoms with Crippen LogP contribution in [0.5, 0.6) is 0 Å². The highest BCUT2D eigenvalue weighted by Crippen LogP contribution is 2.42. The second-order valence-electron chi connectivity index (χ2n) is 6.57. The topological polar surface area (TPSA) is 41.6 Å². The van der Waals surface area contributed by atoms with Crippen molar-refractivity contribution in [3.05, 3.63) is 23.9 Å². The quantitative estimate of drug-likeness (QED) is 0.602. The molecule has 2 aliphatic rings. The lowest BCUT2D eigenvalue weighted by atomic mass is 9.81. The van der Waals surface area contributed by atoms with Gasteiger partial charge in [-0.05, 0) is 25.7 Å². The molecule has 0 aromatic carbocycles. The third-order valence-corrected chi connectivity index (χ3v) is 4.67. The van der Waals surface area contributed by atoms with Gasteiger partial charge in [0.2, 0.25) is 5.92 Å². The zero-order valence-corrected chi connectivity index (χ0v) is 13.9. The van der Waals surface area contributed by atoms with Crippen molar-refractivity contribution in [3.8, 4) is 0 Å². The number of rotatable bonds is 6. The highest BCUT2D eigenvalue weighted by molar-refractivity contribution is 5.96. The van der Waals surface area contributed by atoms with Crippen LogP contribution in [0.25, 0.3) is 0 Å². The Morgan fingerprint density at radius 2 is 2.00 bits per heavy atom. The Morgan fingerprint density at radius 3 is 2.52 bits per heavy atom. The largest absolute Gasteiger partial charge is 0.381 e. The summed E-state index contributed by atoms with van der Waals surface area (Å²) in [5, 5.41) is 3.01. The van der Waals surface area contributed by atoms with Gasteiger partial charge in [-0.25, -0.2) is 8.78 Å². The van der Waals surface area contributed by atoms with Crippen molar-refractivity contribution >= 4 is 5.91 Å². The zero-order chi connectivity index (χ0) is 17.0. The van der Waals surface area contributed by atoms with Gasteiger partial charge in [0.05, 0.1) is 5.57 Å². The number of nitrogens with zero attached hydrogens (tertiary/aromatic N) is 1. The predicted octanol–water partition coefficient (Wildman–Crippen LogP) is 2.72. The summed E-state index contributed by atoms with van der Waals surface area (Å²) >= 11 is 0. The monoisotopic (exact) mass is 328 g/mol. The predicted molar refractivity (Wildman–Crippen MR) is 85.2 cm³/mol. The van der Waals surface area contributed by atoms with Crippen LogP contribution in [0.4, 0.5) is 8.78 Å². The van der Waals surface area contributed by atoms with E-state index >= 15 is 0 Å². The first kappa shape index (κ1) is 17.9. The Balaban J connectivity index is 1.93. The standard InChI is InChI=1S/C17H26F2N2O2/c1-4-15(16(22)20-14-5-7-23-8-6-14)12(2)21(3)11-13-9-17(18,19)10-13/h4,13-14H,1,5-11H2,2-3H3,(H,20,22). The Hall–Kier alpha value is -1.43. The smallest absolute Gasteiger partial charge is 0.253 e. The van der Waals surface area contributed by atoms with Crippen molar-refractivity contribution in [1.82, 2.24) is 10.2 Å². The second kappa shape index (κ2) is 7.43.